The number of nitrogens with one attached hydrogen (secondary N) is 1. The summed E-state index contributed by atoms with van der Waals surface area (Å²) in [5.41, 5.74) is 8.05. The van der Waals surface area contributed by atoms with Crippen molar-refractivity contribution in [1.29, 1.82) is 0 Å². The number of ether oxygens (including phenoxy) is 3. The molecule has 1 unspecified atom stereocenters. The Hall–Kier alpha value is -3.84. The SMILES string of the molecule is COc1ccc2c(c1)Oc1cc(NC(=O)[C@@H](N)CC(C)C)ccc1C21OC(=O)c2ccccc21. The number of rotatable bonds is 5. The normalized spacial score (nSPS) is 18.4. The lowest BCUT2D eigenvalue weighted by atomic mass is 9.77. The van der Waals surface area contributed by atoms with Crippen molar-refractivity contribution < 1.29 is 23.8 Å². The van der Waals surface area contributed by atoms with Crippen molar-refractivity contribution in [2.45, 2.75) is 31.9 Å². The predicted molar refractivity (Wildman–Crippen MR) is 127 cm³/mol. The highest BCUT2D eigenvalue weighted by Gasteiger charge is 2.53. The first-order chi connectivity index (χ1) is 16.3. The van der Waals surface area contributed by atoms with Gasteiger partial charge in [-0.15, -0.1) is 0 Å². The van der Waals surface area contributed by atoms with E-state index in [2.05, 4.69) is 5.32 Å². The third-order valence-electron chi connectivity index (χ3n) is 6.25. The molecule has 0 saturated carbocycles. The first-order valence-electron chi connectivity index (χ1n) is 11.2. The van der Waals surface area contributed by atoms with Crippen LogP contribution in [0.3, 0.4) is 0 Å². The lowest BCUT2D eigenvalue weighted by Gasteiger charge is -2.36. The summed E-state index contributed by atoms with van der Waals surface area (Å²) in [6.45, 7) is 4.04. The van der Waals surface area contributed by atoms with Gasteiger partial charge in [-0.3, -0.25) is 4.79 Å². The molecule has 7 nitrogen and oxygen atoms in total. The second-order valence-corrected chi connectivity index (χ2v) is 9.02. The summed E-state index contributed by atoms with van der Waals surface area (Å²) >= 11 is 0. The number of hydrogen-bond acceptors (Lipinski definition) is 6. The van der Waals surface area contributed by atoms with Crippen LogP contribution in [0.25, 0.3) is 0 Å². The number of esters is 1. The summed E-state index contributed by atoms with van der Waals surface area (Å²) in [5, 5.41) is 2.87. The number of anilines is 1. The van der Waals surface area contributed by atoms with E-state index < -0.39 is 17.6 Å². The molecule has 0 radical (unpaired) electrons. The van der Waals surface area contributed by atoms with Crippen molar-refractivity contribution >= 4 is 17.6 Å². The van der Waals surface area contributed by atoms with E-state index in [-0.39, 0.29) is 5.91 Å². The summed E-state index contributed by atoms with van der Waals surface area (Å²) in [5.74, 6) is 1.23. The molecule has 7 heteroatoms. The molecule has 0 fully saturated rings. The number of carbonyl (C=O) groups is 2. The Morgan fingerprint density at radius 2 is 1.74 bits per heavy atom. The molecule has 3 aromatic carbocycles. The number of carbonyl (C=O) groups excluding carboxylic acids is 2. The van der Waals surface area contributed by atoms with E-state index in [1.165, 1.54) is 0 Å². The summed E-state index contributed by atoms with van der Waals surface area (Å²) < 4.78 is 17.8. The first-order valence-corrected chi connectivity index (χ1v) is 11.2. The molecule has 2 heterocycles. The van der Waals surface area contributed by atoms with Gasteiger partial charge in [0.2, 0.25) is 5.91 Å². The molecule has 0 aliphatic carbocycles. The molecule has 3 aromatic rings. The number of hydrogen-bond donors (Lipinski definition) is 2. The number of fused-ring (bicyclic) bond motifs is 6. The molecular formula is C27H26N2O5. The Kier molecular flexibility index (Phi) is 5.29. The van der Waals surface area contributed by atoms with E-state index in [9.17, 15) is 9.59 Å². The standard InChI is InChI=1S/C27H26N2O5/c1-15(2)12-22(28)25(30)29-16-8-10-20-23(13-16)33-24-14-17(32-3)9-11-21(24)27(20)19-7-5-4-6-18(19)26(31)34-27/h4-11,13-15,22H,12,28H2,1-3H3,(H,29,30)/t22-,27?/m0/s1. The van der Waals surface area contributed by atoms with Crippen LogP contribution in [0.4, 0.5) is 5.69 Å². The summed E-state index contributed by atoms with van der Waals surface area (Å²) in [7, 11) is 1.58. The minimum atomic E-state index is -1.17. The third kappa shape index (κ3) is 3.40. The van der Waals surface area contributed by atoms with Gasteiger partial charge < -0.3 is 25.3 Å². The number of nitrogens with two attached hydrogens (primary N) is 1. The Morgan fingerprint density at radius 1 is 1.03 bits per heavy atom. The zero-order valence-electron chi connectivity index (χ0n) is 19.3. The van der Waals surface area contributed by atoms with Crippen LogP contribution in [0.5, 0.6) is 17.2 Å². The van der Waals surface area contributed by atoms with Crippen LogP contribution in [0.15, 0.2) is 60.7 Å². The molecule has 2 aliphatic rings. The summed E-state index contributed by atoms with van der Waals surface area (Å²) in [4.78, 5) is 25.5. The Morgan fingerprint density at radius 3 is 2.47 bits per heavy atom. The number of amides is 1. The molecule has 5 rings (SSSR count). The number of benzene rings is 3. The van der Waals surface area contributed by atoms with E-state index in [0.29, 0.717) is 52.0 Å². The summed E-state index contributed by atoms with van der Waals surface area (Å²) in [6, 6.07) is 17.5. The zero-order valence-corrected chi connectivity index (χ0v) is 19.3. The third-order valence-corrected chi connectivity index (χ3v) is 6.25. The molecule has 2 aliphatic heterocycles. The molecule has 1 spiro atoms. The van der Waals surface area contributed by atoms with Gasteiger partial charge in [0.15, 0.2) is 5.60 Å². The lowest BCUT2D eigenvalue weighted by Crippen LogP contribution is -2.37. The van der Waals surface area contributed by atoms with Gasteiger partial charge in [-0.2, -0.15) is 0 Å². The van der Waals surface area contributed by atoms with Gasteiger partial charge >= 0.3 is 5.97 Å². The highest BCUT2D eigenvalue weighted by atomic mass is 16.6. The second kappa shape index (κ2) is 8.18. The monoisotopic (exact) mass is 458 g/mol. The minimum absolute atomic E-state index is 0.265. The Balaban J connectivity index is 1.62. The maximum atomic E-state index is 12.9. The van der Waals surface area contributed by atoms with Gasteiger partial charge in [0, 0.05) is 34.5 Å². The van der Waals surface area contributed by atoms with Crippen molar-refractivity contribution in [3.8, 4) is 17.2 Å². The maximum Gasteiger partial charge on any atom is 0.340 e. The van der Waals surface area contributed by atoms with Gasteiger partial charge in [-0.05, 0) is 42.7 Å². The zero-order chi connectivity index (χ0) is 24.0. The Bertz CT molecular complexity index is 1300. The van der Waals surface area contributed by atoms with Gasteiger partial charge in [-0.1, -0.05) is 32.0 Å². The molecule has 0 saturated heterocycles. The fourth-order valence-corrected chi connectivity index (χ4v) is 4.71. The smallest absolute Gasteiger partial charge is 0.340 e. The minimum Gasteiger partial charge on any atom is -0.497 e. The lowest BCUT2D eigenvalue weighted by molar-refractivity contribution is -0.117. The topological polar surface area (TPSA) is 99.9 Å². The van der Waals surface area contributed by atoms with Crippen LogP contribution in [0.2, 0.25) is 0 Å². The van der Waals surface area contributed by atoms with Crippen molar-refractivity contribution in [2.75, 3.05) is 12.4 Å². The number of methoxy groups -OCH3 is 1. The van der Waals surface area contributed by atoms with Crippen LogP contribution in [0.1, 0.15) is 47.3 Å². The van der Waals surface area contributed by atoms with Crippen molar-refractivity contribution in [2.24, 2.45) is 11.7 Å². The molecule has 174 valence electrons. The molecule has 3 N–H and O–H groups in total. The predicted octanol–water partition coefficient (Wildman–Crippen LogP) is 4.58. The van der Waals surface area contributed by atoms with Gasteiger partial charge in [0.1, 0.15) is 17.2 Å². The van der Waals surface area contributed by atoms with E-state index in [1.54, 1.807) is 31.4 Å². The van der Waals surface area contributed by atoms with Crippen LogP contribution in [0, 0.1) is 5.92 Å². The van der Waals surface area contributed by atoms with E-state index in [1.807, 2.05) is 50.2 Å². The maximum absolute atomic E-state index is 12.9. The average molecular weight is 459 g/mol. The van der Waals surface area contributed by atoms with Crippen molar-refractivity contribution in [3.05, 3.63) is 82.9 Å². The molecule has 34 heavy (non-hydrogen) atoms. The van der Waals surface area contributed by atoms with E-state index >= 15 is 0 Å². The average Bonchev–Trinajstić information content (AvgIpc) is 3.11. The van der Waals surface area contributed by atoms with Crippen LogP contribution in [-0.4, -0.2) is 25.0 Å². The quantitative estimate of drug-likeness (QED) is 0.543. The fraction of sp³-hybridized carbons (Fsp3) is 0.259. The molecule has 2 atom stereocenters. The largest absolute Gasteiger partial charge is 0.497 e. The van der Waals surface area contributed by atoms with Crippen molar-refractivity contribution in [3.63, 3.8) is 0 Å². The second-order valence-electron chi connectivity index (χ2n) is 9.02. The van der Waals surface area contributed by atoms with Crippen LogP contribution >= 0.6 is 0 Å². The van der Waals surface area contributed by atoms with Gasteiger partial charge in [0.05, 0.1) is 18.7 Å². The van der Waals surface area contributed by atoms with Crippen LogP contribution < -0.4 is 20.5 Å². The molecule has 1 amide bonds. The molecule has 0 aromatic heterocycles. The fourth-order valence-electron chi connectivity index (χ4n) is 4.71. The molecular weight excluding hydrogens is 432 g/mol. The van der Waals surface area contributed by atoms with E-state index in [4.69, 9.17) is 19.9 Å². The van der Waals surface area contributed by atoms with Gasteiger partial charge in [0.25, 0.3) is 0 Å². The van der Waals surface area contributed by atoms with Gasteiger partial charge in [-0.25, -0.2) is 4.79 Å². The first kappa shape index (κ1) is 22.0. The van der Waals surface area contributed by atoms with Crippen molar-refractivity contribution in [1.82, 2.24) is 0 Å². The highest BCUT2D eigenvalue weighted by Crippen LogP contribution is 2.56. The Labute approximate surface area is 197 Å². The van der Waals surface area contributed by atoms with Crippen LogP contribution in [-0.2, 0) is 15.1 Å². The van der Waals surface area contributed by atoms with E-state index in [0.717, 1.165) is 5.56 Å². The summed E-state index contributed by atoms with van der Waals surface area (Å²) in [6.07, 6.45) is 0.580. The molecule has 0 bridgehead atoms. The highest BCUT2D eigenvalue weighted by molar-refractivity contribution is 5.97.